The van der Waals surface area contributed by atoms with Crippen molar-refractivity contribution in [1.82, 2.24) is 14.7 Å². The zero-order chi connectivity index (χ0) is 13.7. The van der Waals surface area contributed by atoms with E-state index in [1.807, 2.05) is 4.68 Å². The number of hydrogen-bond acceptors (Lipinski definition) is 3. The van der Waals surface area contributed by atoms with Gasteiger partial charge in [0.05, 0.1) is 16.9 Å². The van der Waals surface area contributed by atoms with Crippen LogP contribution in [0, 0.1) is 0 Å². The molecule has 0 aromatic carbocycles. The number of hydrogen-bond donors (Lipinski definition) is 1. The van der Waals surface area contributed by atoms with E-state index in [2.05, 4.69) is 37.7 Å². The molecule has 4 nitrogen and oxygen atoms in total. The van der Waals surface area contributed by atoms with Gasteiger partial charge < -0.3 is 10.6 Å². The van der Waals surface area contributed by atoms with Crippen molar-refractivity contribution >= 4 is 11.6 Å². The fourth-order valence-corrected chi connectivity index (χ4v) is 2.38. The van der Waals surface area contributed by atoms with Crippen LogP contribution in [0.5, 0.6) is 0 Å². The number of nitrogens with two attached hydrogens (primary N) is 1. The summed E-state index contributed by atoms with van der Waals surface area (Å²) in [4.78, 5) is 2.36. The van der Waals surface area contributed by atoms with Gasteiger partial charge in [-0.05, 0) is 39.9 Å². The molecule has 1 aromatic heterocycles. The third kappa shape index (κ3) is 3.70. The smallest absolute Gasteiger partial charge is 0.0834 e. The molecule has 1 aromatic rings. The molecule has 0 bridgehead atoms. The Bertz CT molecular complexity index is 358. The Morgan fingerprint density at radius 3 is 2.50 bits per heavy atom. The molecule has 5 heteroatoms. The number of aromatic nitrogens is 2. The van der Waals surface area contributed by atoms with Gasteiger partial charge >= 0.3 is 0 Å². The Kier molecular flexibility index (Phi) is 6.12. The minimum Gasteiger partial charge on any atom is -0.323 e. The summed E-state index contributed by atoms with van der Waals surface area (Å²) in [6.07, 6.45) is 2.59. The van der Waals surface area contributed by atoms with Crippen molar-refractivity contribution in [2.45, 2.75) is 46.2 Å². The minimum atomic E-state index is -0.0528. The topological polar surface area (TPSA) is 47.1 Å². The Balaban J connectivity index is 2.71. The summed E-state index contributed by atoms with van der Waals surface area (Å²) in [5, 5.41) is 4.97. The van der Waals surface area contributed by atoms with Gasteiger partial charge in [-0.15, -0.1) is 0 Å². The zero-order valence-electron chi connectivity index (χ0n) is 11.9. The number of rotatable bonds is 7. The summed E-state index contributed by atoms with van der Waals surface area (Å²) < 4.78 is 1.93. The first-order valence-corrected chi connectivity index (χ1v) is 7.09. The Hall–Kier alpha value is -0.580. The highest BCUT2D eigenvalue weighted by atomic mass is 35.5. The molecule has 0 aliphatic rings. The highest BCUT2D eigenvalue weighted by Gasteiger charge is 2.18. The molecule has 0 amide bonds. The van der Waals surface area contributed by atoms with Crippen LogP contribution in [-0.4, -0.2) is 34.3 Å². The van der Waals surface area contributed by atoms with Crippen LogP contribution in [0.25, 0.3) is 0 Å². The van der Waals surface area contributed by atoms with Gasteiger partial charge in [0.15, 0.2) is 0 Å². The quantitative estimate of drug-likeness (QED) is 0.830. The van der Waals surface area contributed by atoms with Gasteiger partial charge in [0.25, 0.3) is 0 Å². The third-order valence-corrected chi connectivity index (χ3v) is 3.57. The van der Waals surface area contributed by atoms with Gasteiger partial charge in [-0.1, -0.05) is 25.4 Å². The van der Waals surface area contributed by atoms with Gasteiger partial charge in [-0.2, -0.15) is 5.10 Å². The van der Waals surface area contributed by atoms with Gasteiger partial charge in [0.1, 0.15) is 0 Å². The first-order valence-electron chi connectivity index (χ1n) is 6.72. The highest BCUT2D eigenvalue weighted by Crippen LogP contribution is 2.26. The van der Waals surface area contributed by atoms with Crippen LogP contribution in [0.15, 0.2) is 6.20 Å². The lowest BCUT2D eigenvalue weighted by Gasteiger charge is -2.22. The molecule has 0 saturated heterocycles. The Morgan fingerprint density at radius 2 is 2.00 bits per heavy atom. The van der Waals surface area contributed by atoms with Crippen LogP contribution in [0.4, 0.5) is 0 Å². The standard InChI is InChI=1S/C13H25ClN4/c1-5-17(6-2)8-7-12(15)13-11(14)9-16-18(13)10(3)4/h9-10,12H,5-8,15H2,1-4H3. The fraction of sp³-hybridized carbons (Fsp3) is 0.769. The molecule has 0 saturated carbocycles. The van der Waals surface area contributed by atoms with E-state index in [0.29, 0.717) is 5.02 Å². The summed E-state index contributed by atoms with van der Waals surface area (Å²) in [6.45, 7) is 11.6. The molecule has 0 spiro atoms. The molecule has 104 valence electrons. The Labute approximate surface area is 115 Å². The van der Waals surface area contributed by atoms with Crippen LogP contribution >= 0.6 is 11.6 Å². The predicted octanol–water partition coefficient (Wildman–Crippen LogP) is 2.85. The second kappa shape index (κ2) is 7.12. The molecule has 1 atom stereocenters. The average molecular weight is 273 g/mol. The predicted molar refractivity (Wildman–Crippen MR) is 77.0 cm³/mol. The molecule has 1 rings (SSSR count). The molecule has 0 aliphatic heterocycles. The van der Waals surface area contributed by atoms with E-state index < -0.39 is 0 Å². The third-order valence-electron chi connectivity index (χ3n) is 3.28. The fourth-order valence-electron chi connectivity index (χ4n) is 2.11. The van der Waals surface area contributed by atoms with Crippen LogP contribution in [0.1, 0.15) is 51.9 Å². The molecule has 2 N–H and O–H groups in total. The average Bonchev–Trinajstić information content (AvgIpc) is 2.72. The van der Waals surface area contributed by atoms with Crippen LogP contribution in [0.2, 0.25) is 5.02 Å². The highest BCUT2D eigenvalue weighted by molar-refractivity contribution is 6.31. The largest absolute Gasteiger partial charge is 0.323 e. The van der Waals surface area contributed by atoms with Gasteiger partial charge in [-0.3, -0.25) is 4.68 Å². The van der Waals surface area contributed by atoms with Crippen LogP contribution in [0.3, 0.4) is 0 Å². The summed E-state index contributed by atoms with van der Waals surface area (Å²) in [7, 11) is 0. The normalized spacial score (nSPS) is 13.6. The van der Waals surface area contributed by atoms with Crippen molar-refractivity contribution in [3.8, 4) is 0 Å². The molecule has 1 heterocycles. The first kappa shape index (κ1) is 15.5. The molecule has 1 unspecified atom stereocenters. The number of nitrogens with zero attached hydrogens (tertiary/aromatic N) is 3. The minimum absolute atomic E-state index is 0.0528. The van der Waals surface area contributed by atoms with Crippen molar-refractivity contribution in [1.29, 1.82) is 0 Å². The summed E-state index contributed by atoms with van der Waals surface area (Å²) in [6, 6.07) is 0.231. The van der Waals surface area contributed by atoms with Crippen LogP contribution < -0.4 is 5.73 Å². The summed E-state index contributed by atoms with van der Waals surface area (Å²) >= 11 is 6.19. The maximum atomic E-state index is 6.26. The second-order valence-corrected chi connectivity index (χ2v) is 5.25. The van der Waals surface area contributed by atoms with Crippen molar-refractivity contribution in [2.24, 2.45) is 5.73 Å². The van der Waals surface area contributed by atoms with E-state index in [4.69, 9.17) is 17.3 Å². The lowest BCUT2D eigenvalue weighted by Crippen LogP contribution is -2.28. The molecule has 0 aliphatic carbocycles. The SMILES string of the molecule is CCN(CC)CCC(N)c1c(Cl)cnn1C(C)C. The zero-order valence-corrected chi connectivity index (χ0v) is 12.6. The summed E-state index contributed by atoms with van der Waals surface area (Å²) in [5.41, 5.74) is 7.22. The lowest BCUT2D eigenvalue weighted by atomic mass is 10.1. The lowest BCUT2D eigenvalue weighted by molar-refractivity contribution is 0.288. The molecule has 18 heavy (non-hydrogen) atoms. The first-order chi connectivity index (χ1) is 8.51. The molecular weight excluding hydrogens is 248 g/mol. The van der Waals surface area contributed by atoms with Gasteiger partial charge in [0, 0.05) is 12.1 Å². The molecular formula is C13H25ClN4. The van der Waals surface area contributed by atoms with Gasteiger partial charge in [-0.25, -0.2) is 0 Å². The van der Waals surface area contributed by atoms with Crippen molar-refractivity contribution in [2.75, 3.05) is 19.6 Å². The van der Waals surface area contributed by atoms with E-state index in [1.54, 1.807) is 6.20 Å². The van der Waals surface area contributed by atoms with E-state index in [-0.39, 0.29) is 12.1 Å². The van der Waals surface area contributed by atoms with E-state index in [1.165, 1.54) is 0 Å². The Morgan fingerprint density at radius 1 is 1.39 bits per heavy atom. The van der Waals surface area contributed by atoms with E-state index in [9.17, 15) is 0 Å². The second-order valence-electron chi connectivity index (χ2n) is 4.84. The van der Waals surface area contributed by atoms with Gasteiger partial charge in [0.2, 0.25) is 0 Å². The van der Waals surface area contributed by atoms with E-state index >= 15 is 0 Å². The number of halogens is 1. The van der Waals surface area contributed by atoms with E-state index in [0.717, 1.165) is 31.7 Å². The maximum Gasteiger partial charge on any atom is 0.0834 e. The summed E-state index contributed by atoms with van der Waals surface area (Å²) in [5.74, 6) is 0. The van der Waals surface area contributed by atoms with Crippen LogP contribution in [-0.2, 0) is 0 Å². The van der Waals surface area contributed by atoms with Crippen molar-refractivity contribution < 1.29 is 0 Å². The monoisotopic (exact) mass is 272 g/mol. The van der Waals surface area contributed by atoms with Crippen molar-refractivity contribution in [3.63, 3.8) is 0 Å². The molecule has 0 radical (unpaired) electrons. The maximum absolute atomic E-state index is 6.26. The molecule has 0 fully saturated rings. The van der Waals surface area contributed by atoms with Crippen molar-refractivity contribution in [3.05, 3.63) is 16.9 Å².